The summed E-state index contributed by atoms with van der Waals surface area (Å²) in [7, 11) is 0.116. The molecule has 0 amide bonds. The first kappa shape index (κ1) is 17.6. The van der Waals surface area contributed by atoms with Crippen molar-refractivity contribution in [1.29, 1.82) is 0 Å². The number of carbonyl (C=O) groups excluding carboxylic acids is 1. The van der Waals surface area contributed by atoms with Crippen LogP contribution in [0.1, 0.15) is 57.0 Å². The molecule has 1 aromatic carbocycles. The van der Waals surface area contributed by atoms with Gasteiger partial charge in [0.25, 0.3) is 0 Å². The fraction of sp³-hybridized carbons (Fsp3) is 0.632. The van der Waals surface area contributed by atoms with Crippen LogP contribution in [0.5, 0.6) is 0 Å². The van der Waals surface area contributed by atoms with Gasteiger partial charge in [0.2, 0.25) is 5.78 Å². The smallest absolute Gasteiger partial charge is 0.217 e. The highest BCUT2D eigenvalue weighted by molar-refractivity contribution is 7.99. The van der Waals surface area contributed by atoms with Crippen LogP contribution in [0.4, 0.5) is 0 Å². The van der Waals surface area contributed by atoms with Gasteiger partial charge in [-0.1, -0.05) is 45.0 Å². The summed E-state index contributed by atoms with van der Waals surface area (Å²) in [4.78, 5) is 13.0. The van der Waals surface area contributed by atoms with Crippen LogP contribution in [-0.2, 0) is 21.0 Å². The van der Waals surface area contributed by atoms with E-state index in [0.717, 1.165) is 36.7 Å². The molecule has 1 fully saturated rings. The van der Waals surface area contributed by atoms with Crippen LogP contribution in [0.15, 0.2) is 24.3 Å². The van der Waals surface area contributed by atoms with E-state index in [2.05, 4.69) is 46.8 Å². The molecule has 0 aromatic heterocycles. The lowest BCUT2D eigenvalue weighted by molar-refractivity contribution is 0.0954. The Hall–Kier alpha value is -0.800. The molecule has 0 spiro atoms. The Morgan fingerprint density at radius 1 is 1.09 bits per heavy atom. The minimum absolute atomic E-state index is 0.116. The van der Waals surface area contributed by atoms with Crippen LogP contribution in [-0.4, -0.2) is 35.2 Å². The second-order valence-electron chi connectivity index (χ2n) is 7.17. The van der Waals surface area contributed by atoms with E-state index in [-0.39, 0.29) is 26.8 Å². The number of Topliss-reactive ketones (excluding diaryl/α,β-unsaturated/α-hetero) is 1. The van der Waals surface area contributed by atoms with Crippen molar-refractivity contribution in [2.24, 2.45) is 0 Å². The first-order chi connectivity index (χ1) is 10.3. The molecule has 0 unspecified atom stereocenters. The lowest BCUT2D eigenvalue weighted by Crippen LogP contribution is -2.47. The molecule has 2 rings (SSSR count). The summed E-state index contributed by atoms with van der Waals surface area (Å²) in [5.74, 6) is 2.30. The molecule has 2 nitrogen and oxygen atoms in total. The average molecular weight is 322 g/mol. The number of carbonyl (C=O) groups is 1. The quantitative estimate of drug-likeness (QED) is 0.605. The van der Waals surface area contributed by atoms with Crippen molar-refractivity contribution in [3.63, 3.8) is 0 Å². The average Bonchev–Trinajstić information content (AvgIpc) is 2.55. The number of ketones is 1. The monoisotopic (exact) mass is 321 g/mol. The van der Waals surface area contributed by atoms with Crippen LogP contribution in [0.2, 0.25) is 0 Å². The Morgan fingerprint density at radius 3 is 2.14 bits per heavy atom. The highest BCUT2D eigenvalue weighted by Gasteiger charge is 2.46. The Bertz CT molecular complexity index is 511. The molecule has 1 aromatic rings. The fourth-order valence-corrected chi connectivity index (χ4v) is 5.03. The van der Waals surface area contributed by atoms with E-state index in [1.807, 2.05) is 12.1 Å². The third-order valence-electron chi connectivity index (χ3n) is 5.03. The van der Waals surface area contributed by atoms with Crippen LogP contribution in [0.3, 0.4) is 0 Å². The number of ether oxygens (including phenoxy) is 1. The van der Waals surface area contributed by atoms with Gasteiger partial charge in [-0.3, -0.25) is 4.79 Å². The van der Waals surface area contributed by atoms with Gasteiger partial charge in [0.1, 0.15) is 11.5 Å². The molecule has 0 aliphatic carbocycles. The van der Waals surface area contributed by atoms with E-state index in [1.165, 1.54) is 5.56 Å². The highest BCUT2D eigenvalue weighted by atomic mass is 32.2. The van der Waals surface area contributed by atoms with E-state index >= 15 is 0 Å². The molecular formula is C19H29O2S+. The molecule has 1 saturated heterocycles. The molecule has 0 bridgehead atoms. The Labute approximate surface area is 138 Å². The third kappa shape index (κ3) is 3.57. The second kappa shape index (κ2) is 6.76. The third-order valence-corrected chi connectivity index (χ3v) is 7.98. The van der Waals surface area contributed by atoms with E-state index in [9.17, 15) is 4.79 Å². The van der Waals surface area contributed by atoms with Gasteiger partial charge < -0.3 is 4.74 Å². The maximum absolute atomic E-state index is 13.0. The maximum Gasteiger partial charge on any atom is 0.217 e. The topological polar surface area (TPSA) is 26.3 Å². The van der Waals surface area contributed by atoms with Gasteiger partial charge in [-0.25, -0.2) is 0 Å². The molecule has 0 atom stereocenters. The van der Waals surface area contributed by atoms with Crippen molar-refractivity contribution < 1.29 is 9.53 Å². The number of rotatable bonds is 5. The van der Waals surface area contributed by atoms with Gasteiger partial charge in [0.15, 0.2) is 4.75 Å². The first-order valence-electron chi connectivity index (χ1n) is 8.19. The summed E-state index contributed by atoms with van der Waals surface area (Å²) in [5.41, 5.74) is 2.32. The lowest BCUT2D eigenvalue weighted by Gasteiger charge is -2.28. The molecular weight excluding hydrogens is 292 g/mol. The van der Waals surface area contributed by atoms with Gasteiger partial charge in [-0.15, -0.1) is 0 Å². The summed E-state index contributed by atoms with van der Waals surface area (Å²) < 4.78 is 5.16. The maximum atomic E-state index is 13.0. The molecule has 3 heteroatoms. The molecule has 0 saturated carbocycles. The molecule has 0 radical (unpaired) electrons. The molecule has 1 aliphatic heterocycles. The van der Waals surface area contributed by atoms with Crippen LogP contribution < -0.4 is 0 Å². The first-order valence-corrected chi connectivity index (χ1v) is 9.76. The Kier molecular flexibility index (Phi) is 5.39. The normalized spacial score (nSPS) is 17.5. The highest BCUT2D eigenvalue weighted by Crippen LogP contribution is 2.30. The number of hydrogen-bond acceptors (Lipinski definition) is 2. The summed E-state index contributed by atoms with van der Waals surface area (Å²) in [6.45, 7) is 12.5. The second-order valence-corrected chi connectivity index (χ2v) is 9.99. The zero-order valence-corrected chi connectivity index (χ0v) is 15.4. The Morgan fingerprint density at radius 2 is 1.64 bits per heavy atom. The summed E-state index contributed by atoms with van der Waals surface area (Å²) in [6.07, 6.45) is 1.09. The van der Waals surface area contributed by atoms with Crippen molar-refractivity contribution in [2.45, 2.75) is 51.2 Å². The van der Waals surface area contributed by atoms with E-state index in [4.69, 9.17) is 4.74 Å². The minimum Gasteiger partial charge on any atom is -0.372 e. The molecule has 0 N–H and O–H groups in total. The number of hydrogen-bond donors (Lipinski definition) is 0. The Balaban J connectivity index is 2.18. The number of benzene rings is 1. The molecule has 122 valence electrons. The predicted molar refractivity (Wildman–Crippen MR) is 96.1 cm³/mol. The molecule has 22 heavy (non-hydrogen) atoms. The SMILES string of the molecule is CCC(C)(C)c1ccc(C(=O)C(C)(C)[S+]2CCOCC2)cc1. The summed E-state index contributed by atoms with van der Waals surface area (Å²) in [5, 5.41) is 0. The van der Waals surface area contributed by atoms with Crippen molar-refractivity contribution in [2.75, 3.05) is 24.7 Å². The van der Waals surface area contributed by atoms with Crippen molar-refractivity contribution >= 4 is 16.7 Å². The molecule has 1 aliphatic rings. The standard InChI is InChI=1S/C19H29O2S/c1-6-18(2,3)16-9-7-15(8-10-16)17(20)19(4,5)22-13-11-21-12-14-22/h7-10H,6,11-14H2,1-5H3/q+1. The van der Waals surface area contributed by atoms with Gasteiger partial charge in [0, 0.05) is 16.5 Å². The van der Waals surface area contributed by atoms with E-state index < -0.39 is 0 Å². The zero-order valence-electron chi connectivity index (χ0n) is 14.6. The predicted octanol–water partition coefficient (Wildman–Crippen LogP) is 3.98. The van der Waals surface area contributed by atoms with Gasteiger partial charge in [-0.05, 0) is 31.2 Å². The molecule has 1 heterocycles. The zero-order chi connectivity index (χ0) is 16.4. The summed E-state index contributed by atoms with van der Waals surface area (Å²) in [6, 6.07) is 8.28. The van der Waals surface area contributed by atoms with Crippen molar-refractivity contribution in [3.8, 4) is 0 Å². The van der Waals surface area contributed by atoms with E-state index in [1.54, 1.807) is 0 Å². The van der Waals surface area contributed by atoms with Crippen molar-refractivity contribution in [3.05, 3.63) is 35.4 Å². The lowest BCUT2D eigenvalue weighted by atomic mass is 9.81. The van der Waals surface area contributed by atoms with Gasteiger partial charge in [-0.2, -0.15) is 0 Å². The largest absolute Gasteiger partial charge is 0.372 e. The van der Waals surface area contributed by atoms with Crippen LogP contribution in [0, 0.1) is 0 Å². The van der Waals surface area contributed by atoms with Crippen molar-refractivity contribution in [1.82, 2.24) is 0 Å². The fourth-order valence-electron chi connectivity index (χ4n) is 2.79. The van der Waals surface area contributed by atoms with E-state index in [0.29, 0.717) is 0 Å². The minimum atomic E-state index is -0.286. The van der Waals surface area contributed by atoms with Crippen LogP contribution >= 0.6 is 0 Å². The van der Waals surface area contributed by atoms with Crippen LogP contribution in [0.25, 0.3) is 0 Å². The van der Waals surface area contributed by atoms with Gasteiger partial charge >= 0.3 is 0 Å². The summed E-state index contributed by atoms with van der Waals surface area (Å²) >= 11 is 0. The van der Waals surface area contributed by atoms with Gasteiger partial charge in [0.05, 0.1) is 13.2 Å².